The van der Waals surface area contributed by atoms with Gasteiger partial charge in [0.1, 0.15) is 16.9 Å². The van der Waals surface area contributed by atoms with Gasteiger partial charge in [-0.1, -0.05) is 18.2 Å². The van der Waals surface area contributed by atoms with Crippen LogP contribution >= 0.6 is 11.3 Å². The van der Waals surface area contributed by atoms with Gasteiger partial charge in [-0.25, -0.2) is 14.3 Å². The van der Waals surface area contributed by atoms with E-state index in [2.05, 4.69) is 11.0 Å². The van der Waals surface area contributed by atoms with Crippen LogP contribution in [0.1, 0.15) is 22.3 Å². The summed E-state index contributed by atoms with van der Waals surface area (Å²) < 4.78 is 21.1. The van der Waals surface area contributed by atoms with E-state index in [9.17, 15) is 18.8 Å². The van der Waals surface area contributed by atoms with Crippen molar-refractivity contribution in [2.75, 3.05) is 44.3 Å². The Kier molecular flexibility index (Phi) is 7.61. The molecule has 1 aromatic heterocycles. The van der Waals surface area contributed by atoms with Crippen LogP contribution in [0.2, 0.25) is 0 Å². The number of nitrogens with zero attached hydrogens (tertiary/aromatic N) is 4. The molecule has 10 heteroatoms. The van der Waals surface area contributed by atoms with Gasteiger partial charge in [-0.05, 0) is 61.0 Å². The van der Waals surface area contributed by atoms with E-state index >= 15 is 0 Å². The average molecular weight is 573 g/mol. The van der Waals surface area contributed by atoms with Crippen LogP contribution in [0.25, 0.3) is 20.8 Å². The van der Waals surface area contributed by atoms with Crippen LogP contribution < -0.4 is 4.90 Å². The molecule has 0 aliphatic carbocycles. The smallest absolute Gasteiger partial charge is 0.257 e. The number of imide groups is 1. The summed E-state index contributed by atoms with van der Waals surface area (Å²) in [6, 6.07) is 17.9. The molecule has 6 rings (SSSR count). The molecule has 210 valence electrons. The van der Waals surface area contributed by atoms with Gasteiger partial charge in [0.05, 0.1) is 41.1 Å². The van der Waals surface area contributed by atoms with Crippen LogP contribution in [-0.4, -0.2) is 77.9 Å². The summed E-state index contributed by atoms with van der Waals surface area (Å²) in [6.45, 7) is 5.28. The van der Waals surface area contributed by atoms with Gasteiger partial charge in [-0.2, -0.15) is 0 Å². The highest BCUT2D eigenvalue weighted by Gasteiger charge is 2.45. The zero-order valence-electron chi connectivity index (χ0n) is 22.6. The van der Waals surface area contributed by atoms with Crippen LogP contribution in [0.5, 0.6) is 0 Å². The Hall–Kier alpha value is -3.99. The van der Waals surface area contributed by atoms with Gasteiger partial charge in [-0.3, -0.25) is 19.3 Å². The van der Waals surface area contributed by atoms with Crippen LogP contribution in [0.4, 0.5) is 10.1 Å². The van der Waals surface area contributed by atoms with Gasteiger partial charge in [0.15, 0.2) is 0 Å². The molecular formula is C31H29FN4O4S. The van der Waals surface area contributed by atoms with Gasteiger partial charge < -0.3 is 9.64 Å². The van der Waals surface area contributed by atoms with E-state index in [-0.39, 0.29) is 18.5 Å². The number of fused-ring (bicyclic) bond motifs is 1. The summed E-state index contributed by atoms with van der Waals surface area (Å²) in [5.74, 6) is -2.17. The highest BCUT2D eigenvalue weighted by atomic mass is 32.1. The maximum absolute atomic E-state index is 14.6. The number of thiazole rings is 1. The Morgan fingerprint density at radius 2 is 1.83 bits per heavy atom. The van der Waals surface area contributed by atoms with Crippen molar-refractivity contribution < 1.29 is 23.5 Å². The summed E-state index contributed by atoms with van der Waals surface area (Å²) in [4.78, 5) is 49.8. The number of benzene rings is 3. The number of ether oxygens (including phenoxy) is 1. The summed E-state index contributed by atoms with van der Waals surface area (Å²) in [5.41, 5.74) is 3.27. The van der Waals surface area contributed by atoms with Gasteiger partial charge in [-0.15, -0.1) is 11.3 Å². The van der Waals surface area contributed by atoms with Crippen molar-refractivity contribution in [3.63, 3.8) is 0 Å². The molecule has 0 bridgehead atoms. The maximum Gasteiger partial charge on any atom is 0.257 e. The van der Waals surface area contributed by atoms with E-state index in [4.69, 9.17) is 9.72 Å². The van der Waals surface area contributed by atoms with Crippen molar-refractivity contribution in [1.29, 1.82) is 0 Å². The zero-order valence-corrected chi connectivity index (χ0v) is 23.4. The third kappa shape index (κ3) is 5.50. The lowest BCUT2D eigenvalue weighted by molar-refractivity contribution is -0.122. The molecule has 2 saturated heterocycles. The van der Waals surface area contributed by atoms with E-state index in [0.717, 1.165) is 31.3 Å². The molecule has 41 heavy (non-hydrogen) atoms. The van der Waals surface area contributed by atoms with Crippen molar-refractivity contribution >= 4 is 45.0 Å². The summed E-state index contributed by atoms with van der Waals surface area (Å²) in [6.07, 6.45) is -0.166. The van der Waals surface area contributed by atoms with Gasteiger partial charge in [0.25, 0.3) is 11.8 Å². The van der Waals surface area contributed by atoms with Gasteiger partial charge >= 0.3 is 0 Å². The third-order valence-corrected chi connectivity index (χ3v) is 8.61. The molecule has 4 aromatic rings. The van der Waals surface area contributed by atoms with E-state index in [0.29, 0.717) is 38.5 Å². The first-order valence-electron chi connectivity index (χ1n) is 13.6. The monoisotopic (exact) mass is 572 g/mol. The lowest BCUT2D eigenvalue weighted by atomic mass is 10.1. The predicted molar refractivity (Wildman–Crippen MR) is 155 cm³/mol. The second-order valence-corrected chi connectivity index (χ2v) is 11.3. The first-order chi connectivity index (χ1) is 19.9. The van der Waals surface area contributed by atoms with Crippen LogP contribution in [0.3, 0.4) is 0 Å². The van der Waals surface area contributed by atoms with Crippen LogP contribution in [0.15, 0.2) is 66.7 Å². The largest absolute Gasteiger partial charge is 0.379 e. The average Bonchev–Trinajstić information content (AvgIpc) is 3.53. The SMILES string of the molecule is Cc1ccc2nc(-c3ccc(N4C(=O)CC(N(CCN5CCOCC5)C(=O)c5ccccc5F)C4=O)cc3)sc2c1. The highest BCUT2D eigenvalue weighted by molar-refractivity contribution is 7.21. The quantitative estimate of drug-likeness (QED) is 0.303. The molecule has 0 saturated carbocycles. The molecule has 2 aliphatic heterocycles. The molecule has 0 radical (unpaired) electrons. The minimum Gasteiger partial charge on any atom is -0.379 e. The van der Waals surface area contributed by atoms with Crippen molar-refractivity contribution in [1.82, 2.24) is 14.8 Å². The minimum absolute atomic E-state index is 0.122. The molecule has 2 aliphatic rings. The summed E-state index contributed by atoms with van der Waals surface area (Å²) in [5, 5.41) is 0.846. The maximum atomic E-state index is 14.6. The van der Waals surface area contributed by atoms with Crippen LogP contribution in [-0.2, 0) is 14.3 Å². The van der Waals surface area contributed by atoms with E-state index < -0.39 is 29.6 Å². The lowest BCUT2D eigenvalue weighted by Crippen LogP contribution is -2.49. The fourth-order valence-corrected chi connectivity index (χ4v) is 6.37. The molecule has 0 spiro atoms. The van der Waals surface area contributed by atoms with Gasteiger partial charge in [0.2, 0.25) is 5.91 Å². The second-order valence-electron chi connectivity index (χ2n) is 10.3. The molecule has 1 unspecified atom stereocenters. The number of carbonyl (C=O) groups is 3. The molecule has 0 N–H and O–H groups in total. The van der Waals surface area contributed by atoms with Crippen molar-refractivity contribution in [2.45, 2.75) is 19.4 Å². The van der Waals surface area contributed by atoms with Crippen molar-refractivity contribution in [3.8, 4) is 10.6 Å². The Morgan fingerprint density at radius 1 is 1.07 bits per heavy atom. The van der Waals surface area contributed by atoms with E-state index in [1.165, 1.54) is 23.1 Å². The first-order valence-corrected chi connectivity index (χ1v) is 14.4. The molecule has 3 aromatic carbocycles. The van der Waals surface area contributed by atoms with Gasteiger partial charge in [0, 0.05) is 31.7 Å². The van der Waals surface area contributed by atoms with Crippen molar-refractivity contribution in [3.05, 3.63) is 83.7 Å². The number of hydrogen-bond donors (Lipinski definition) is 0. The number of anilines is 1. The molecule has 8 nitrogen and oxygen atoms in total. The molecule has 1 atom stereocenters. The number of hydrogen-bond acceptors (Lipinski definition) is 7. The molecule has 2 fully saturated rings. The Bertz CT molecular complexity index is 1620. The van der Waals surface area contributed by atoms with E-state index in [1.54, 1.807) is 29.5 Å². The minimum atomic E-state index is -1.03. The Labute approximate surface area is 240 Å². The number of rotatable bonds is 7. The fourth-order valence-electron chi connectivity index (χ4n) is 5.30. The predicted octanol–water partition coefficient (Wildman–Crippen LogP) is 4.52. The second kappa shape index (κ2) is 11.5. The number of aromatic nitrogens is 1. The van der Waals surface area contributed by atoms with Crippen molar-refractivity contribution in [2.24, 2.45) is 0 Å². The normalized spacial score (nSPS) is 17.9. The molecule has 3 heterocycles. The summed E-state index contributed by atoms with van der Waals surface area (Å²) >= 11 is 1.58. The summed E-state index contributed by atoms with van der Waals surface area (Å²) in [7, 11) is 0. The topological polar surface area (TPSA) is 83.1 Å². The number of carbonyl (C=O) groups excluding carboxylic acids is 3. The Morgan fingerprint density at radius 3 is 2.59 bits per heavy atom. The fraction of sp³-hybridized carbons (Fsp3) is 0.290. The number of halogens is 1. The third-order valence-electron chi connectivity index (χ3n) is 7.54. The molecular weight excluding hydrogens is 543 g/mol. The molecule has 3 amide bonds. The number of aryl methyl sites for hydroxylation is 1. The number of amides is 3. The van der Waals surface area contributed by atoms with E-state index in [1.807, 2.05) is 31.2 Å². The lowest BCUT2D eigenvalue weighted by Gasteiger charge is -2.32. The number of morpholine rings is 1. The zero-order chi connectivity index (χ0) is 28.5. The highest BCUT2D eigenvalue weighted by Crippen LogP contribution is 2.33. The van der Waals surface area contributed by atoms with Crippen LogP contribution in [0, 0.1) is 12.7 Å². The Balaban J connectivity index is 1.24. The first kappa shape index (κ1) is 27.2. The standard InChI is InChI=1S/C31H29FN4O4S/c1-20-6-11-25-27(18-20)41-29(33-25)21-7-9-22(10-8-21)36-28(37)19-26(31(36)39)35(13-12-34-14-16-40-17-15-34)30(38)23-4-2-3-5-24(23)32/h2-11,18,26H,12-17,19H2,1H3.